The zero-order valence-electron chi connectivity index (χ0n) is 8.90. The molecule has 0 aromatic carbocycles. The molecule has 82 valence electrons. The van der Waals surface area contributed by atoms with Crippen LogP contribution in [-0.2, 0) is 9.53 Å². The van der Waals surface area contributed by atoms with Gasteiger partial charge in [-0.2, -0.15) is 0 Å². The summed E-state index contributed by atoms with van der Waals surface area (Å²) in [5.74, 6) is -0.533. The Morgan fingerprint density at radius 1 is 1.57 bits per heavy atom. The Kier molecular flexibility index (Phi) is 4.26. The Hall–Kier alpha value is -0.220. The van der Waals surface area contributed by atoms with Crippen LogP contribution in [0.25, 0.3) is 0 Å². The van der Waals surface area contributed by atoms with E-state index >= 15 is 0 Å². The van der Waals surface area contributed by atoms with Crippen LogP contribution in [0, 0.1) is 5.92 Å². The third-order valence-corrected chi connectivity index (χ3v) is 4.48. The highest BCUT2D eigenvalue weighted by Crippen LogP contribution is 2.32. The number of aliphatic carboxylic acids is 1. The number of thioether (sulfide) groups is 1. The van der Waals surface area contributed by atoms with Gasteiger partial charge in [-0.1, -0.05) is 13.8 Å². The second-order valence-electron chi connectivity index (χ2n) is 4.04. The molecule has 3 unspecified atom stereocenters. The van der Waals surface area contributed by atoms with Gasteiger partial charge in [0, 0.05) is 11.9 Å². The van der Waals surface area contributed by atoms with Crippen molar-refractivity contribution < 1.29 is 14.6 Å². The van der Waals surface area contributed by atoms with Crippen molar-refractivity contribution in [3.8, 4) is 0 Å². The molecule has 14 heavy (non-hydrogen) atoms. The van der Waals surface area contributed by atoms with Gasteiger partial charge in [0.2, 0.25) is 0 Å². The van der Waals surface area contributed by atoms with E-state index in [1.54, 1.807) is 11.8 Å². The number of rotatable bonds is 4. The lowest BCUT2D eigenvalue weighted by Crippen LogP contribution is -2.27. The molecule has 1 aliphatic rings. The molecule has 0 aromatic rings. The summed E-state index contributed by atoms with van der Waals surface area (Å²) >= 11 is 1.55. The van der Waals surface area contributed by atoms with Crippen molar-refractivity contribution in [2.75, 3.05) is 6.61 Å². The monoisotopic (exact) mass is 218 g/mol. The van der Waals surface area contributed by atoms with Crippen LogP contribution in [0.4, 0.5) is 0 Å². The molecule has 0 bridgehead atoms. The van der Waals surface area contributed by atoms with Crippen LogP contribution in [0.15, 0.2) is 0 Å². The minimum atomic E-state index is -0.705. The van der Waals surface area contributed by atoms with Crippen molar-refractivity contribution in [3.05, 3.63) is 0 Å². The lowest BCUT2D eigenvalue weighted by molar-refractivity contribution is -0.137. The van der Waals surface area contributed by atoms with E-state index in [-0.39, 0.29) is 17.3 Å². The summed E-state index contributed by atoms with van der Waals surface area (Å²) in [6.07, 6.45) is 1.17. The average Bonchev–Trinajstić information content (AvgIpc) is 2.46. The van der Waals surface area contributed by atoms with E-state index < -0.39 is 5.97 Å². The van der Waals surface area contributed by atoms with Crippen molar-refractivity contribution in [1.29, 1.82) is 0 Å². The molecule has 0 aliphatic carbocycles. The second kappa shape index (κ2) is 5.03. The van der Waals surface area contributed by atoms with Crippen LogP contribution in [0.2, 0.25) is 0 Å². The smallest absolute Gasteiger partial charge is 0.316 e. The van der Waals surface area contributed by atoms with Gasteiger partial charge in [0.05, 0.1) is 6.10 Å². The van der Waals surface area contributed by atoms with Gasteiger partial charge >= 0.3 is 5.97 Å². The van der Waals surface area contributed by atoms with Gasteiger partial charge in [-0.05, 0) is 19.3 Å². The normalized spacial score (nSPS) is 29.4. The molecule has 0 radical (unpaired) electrons. The third kappa shape index (κ3) is 2.89. The predicted octanol–water partition coefficient (Wildman–Crippen LogP) is 2.01. The number of hydrogen-bond acceptors (Lipinski definition) is 3. The fraction of sp³-hybridized carbons (Fsp3) is 0.900. The van der Waals surface area contributed by atoms with Gasteiger partial charge < -0.3 is 9.84 Å². The number of carboxylic acids is 1. The lowest BCUT2D eigenvalue weighted by atomic mass is 10.1. The second-order valence-corrected chi connectivity index (χ2v) is 5.43. The number of hydrogen-bond donors (Lipinski definition) is 1. The molecule has 1 saturated heterocycles. The van der Waals surface area contributed by atoms with E-state index in [0.717, 1.165) is 13.0 Å². The Labute approximate surface area is 89.2 Å². The van der Waals surface area contributed by atoms with Gasteiger partial charge in [0.15, 0.2) is 0 Å². The molecule has 0 spiro atoms. The summed E-state index contributed by atoms with van der Waals surface area (Å²) in [6.45, 7) is 6.69. The van der Waals surface area contributed by atoms with E-state index in [4.69, 9.17) is 9.84 Å². The molecule has 1 aliphatic heterocycles. The maximum Gasteiger partial charge on any atom is 0.316 e. The van der Waals surface area contributed by atoms with Crippen LogP contribution in [0.5, 0.6) is 0 Å². The maximum absolute atomic E-state index is 11.0. The van der Waals surface area contributed by atoms with Crippen LogP contribution >= 0.6 is 11.8 Å². The van der Waals surface area contributed by atoms with Gasteiger partial charge in [0.1, 0.15) is 5.25 Å². The number of carboxylic acid groups (broad SMARTS) is 1. The summed E-state index contributed by atoms with van der Waals surface area (Å²) in [6, 6.07) is 0. The summed E-state index contributed by atoms with van der Waals surface area (Å²) < 4.78 is 5.41. The first-order valence-corrected chi connectivity index (χ1v) is 5.96. The summed E-state index contributed by atoms with van der Waals surface area (Å²) in [7, 11) is 0. The largest absolute Gasteiger partial charge is 0.480 e. The lowest BCUT2D eigenvalue weighted by Gasteiger charge is -2.21. The predicted molar refractivity (Wildman–Crippen MR) is 57.7 cm³/mol. The van der Waals surface area contributed by atoms with E-state index in [1.807, 2.05) is 20.8 Å². The number of ether oxygens (including phenoxy) is 1. The molecule has 0 aromatic heterocycles. The molecule has 1 fully saturated rings. The van der Waals surface area contributed by atoms with E-state index in [2.05, 4.69) is 0 Å². The van der Waals surface area contributed by atoms with E-state index in [0.29, 0.717) is 5.25 Å². The SMILES string of the molecule is CC(C)C(SC1CCOC1C)C(=O)O. The standard InChI is InChI=1S/C10H18O3S/c1-6(2)9(10(11)12)14-8-4-5-13-7(8)3/h6-9H,4-5H2,1-3H3,(H,11,12). The topological polar surface area (TPSA) is 46.5 Å². The molecule has 1 rings (SSSR count). The van der Waals surface area contributed by atoms with E-state index in [1.165, 1.54) is 0 Å². The van der Waals surface area contributed by atoms with Crippen molar-refractivity contribution in [2.24, 2.45) is 5.92 Å². The zero-order chi connectivity index (χ0) is 10.7. The highest BCUT2D eigenvalue weighted by molar-refractivity contribution is 8.01. The molecule has 0 saturated carbocycles. The highest BCUT2D eigenvalue weighted by atomic mass is 32.2. The molecule has 4 heteroatoms. The first-order valence-electron chi connectivity index (χ1n) is 5.02. The van der Waals surface area contributed by atoms with Crippen LogP contribution < -0.4 is 0 Å². The van der Waals surface area contributed by atoms with Crippen molar-refractivity contribution in [3.63, 3.8) is 0 Å². The molecular weight excluding hydrogens is 200 g/mol. The Morgan fingerprint density at radius 2 is 2.21 bits per heavy atom. The first kappa shape index (κ1) is 11.9. The Bertz CT molecular complexity index is 206. The van der Waals surface area contributed by atoms with Crippen LogP contribution in [0.1, 0.15) is 27.2 Å². The summed E-state index contributed by atoms with van der Waals surface area (Å²) in [5.41, 5.74) is 0. The molecule has 1 heterocycles. The average molecular weight is 218 g/mol. The van der Waals surface area contributed by atoms with Crippen molar-refractivity contribution in [1.82, 2.24) is 0 Å². The minimum Gasteiger partial charge on any atom is -0.480 e. The minimum absolute atomic E-state index is 0.172. The molecular formula is C10H18O3S. The van der Waals surface area contributed by atoms with E-state index in [9.17, 15) is 4.79 Å². The Morgan fingerprint density at radius 3 is 2.57 bits per heavy atom. The number of carbonyl (C=O) groups is 1. The molecule has 1 N–H and O–H groups in total. The quantitative estimate of drug-likeness (QED) is 0.784. The summed E-state index contributed by atoms with van der Waals surface area (Å²) in [4.78, 5) is 11.0. The van der Waals surface area contributed by atoms with Crippen LogP contribution in [-0.4, -0.2) is 34.3 Å². The van der Waals surface area contributed by atoms with Gasteiger partial charge in [-0.25, -0.2) is 0 Å². The zero-order valence-corrected chi connectivity index (χ0v) is 9.71. The maximum atomic E-state index is 11.0. The molecule has 3 atom stereocenters. The highest BCUT2D eigenvalue weighted by Gasteiger charge is 2.32. The molecule has 3 nitrogen and oxygen atoms in total. The van der Waals surface area contributed by atoms with Crippen molar-refractivity contribution in [2.45, 2.75) is 43.8 Å². The first-order chi connectivity index (χ1) is 6.52. The summed E-state index contributed by atoms with van der Waals surface area (Å²) in [5, 5.41) is 9.07. The van der Waals surface area contributed by atoms with Crippen molar-refractivity contribution >= 4 is 17.7 Å². The fourth-order valence-electron chi connectivity index (χ4n) is 1.58. The van der Waals surface area contributed by atoms with Gasteiger partial charge in [-0.3, -0.25) is 4.79 Å². The Balaban J connectivity index is 2.50. The van der Waals surface area contributed by atoms with Gasteiger partial charge in [0.25, 0.3) is 0 Å². The third-order valence-electron chi connectivity index (χ3n) is 2.48. The van der Waals surface area contributed by atoms with Gasteiger partial charge in [-0.15, -0.1) is 11.8 Å². The molecule has 0 amide bonds. The van der Waals surface area contributed by atoms with Crippen LogP contribution in [0.3, 0.4) is 0 Å². The fourth-order valence-corrected chi connectivity index (χ4v) is 2.92.